The summed E-state index contributed by atoms with van der Waals surface area (Å²) in [5.41, 5.74) is 3.95. The molecular weight excluding hydrogens is 400 g/mol. The van der Waals surface area contributed by atoms with Crippen molar-refractivity contribution in [1.29, 1.82) is 0 Å². The van der Waals surface area contributed by atoms with Crippen LogP contribution in [0.15, 0.2) is 66.9 Å². The summed E-state index contributed by atoms with van der Waals surface area (Å²) in [5, 5.41) is 0.0512. The van der Waals surface area contributed by atoms with Crippen molar-refractivity contribution in [2.24, 2.45) is 0 Å². The van der Waals surface area contributed by atoms with Gasteiger partial charge in [0.15, 0.2) is 6.10 Å². The number of aryl methyl sites for hydroxylation is 2. The molecule has 1 aliphatic rings. The van der Waals surface area contributed by atoms with E-state index < -0.39 is 12.1 Å². The van der Waals surface area contributed by atoms with E-state index in [1.54, 1.807) is 11.0 Å². The molecule has 1 aromatic heterocycles. The third kappa shape index (κ3) is 3.81. The van der Waals surface area contributed by atoms with Gasteiger partial charge in [-0.25, -0.2) is 9.78 Å². The van der Waals surface area contributed by atoms with Gasteiger partial charge in [0.2, 0.25) is 0 Å². The number of nitrogens with zero attached hydrogens (tertiary/aromatic N) is 2. The highest BCUT2D eigenvalue weighted by atomic mass is 35.5. The summed E-state index contributed by atoms with van der Waals surface area (Å²) in [6.07, 6.45) is 2.54. The molecule has 2 aromatic carbocycles. The van der Waals surface area contributed by atoms with Crippen molar-refractivity contribution in [3.8, 4) is 0 Å². The number of carbonyl (C=O) groups excluding carboxylic acids is 2. The van der Waals surface area contributed by atoms with E-state index in [2.05, 4.69) is 4.98 Å². The van der Waals surface area contributed by atoms with E-state index >= 15 is 0 Å². The van der Waals surface area contributed by atoms with E-state index in [0.717, 1.165) is 35.3 Å². The Kier molecular flexibility index (Phi) is 5.81. The molecule has 5 nitrogen and oxygen atoms in total. The summed E-state index contributed by atoms with van der Waals surface area (Å²) in [6.45, 7) is 1.82. The first kappa shape index (κ1) is 20.1. The smallest absolute Gasteiger partial charge is 0.342 e. The molecule has 0 saturated carbocycles. The summed E-state index contributed by atoms with van der Waals surface area (Å²) in [6, 6.07) is 18.8. The first-order valence-corrected chi connectivity index (χ1v) is 10.3. The molecule has 0 aliphatic carbocycles. The fraction of sp³-hybridized carbons (Fsp3) is 0.208. The van der Waals surface area contributed by atoms with Crippen molar-refractivity contribution in [1.82, 2.24) is 4.98 Å². The standard InChI is InChI=1S/C24H21ClN2O3/c1-2-21(30-24(29)18-10-7-15-26-22(18)25)23(28)27-19-11-5-3-8-16(19)13-14-17-9-4-6-12-20(17)27/h3-12,15,21H,2,13-14H2,1H3. The van der Waals surface area contributed by atoms with Crippen LogP contribution in [0.25, 0.3) is 0 Å². The average molecular weight is 421 g/mol. The van der Waals surface area contributed by atoms with Gasteiger partial charge in [0.1, 0.15) is 5.15 Å². The minimum atomic E-state index is -0.951. The number of para-hydroxylation sites is 2. The molecule has 0 saturated heterocycles. The molecule has 6 heteroatoms. The van der Waals surface area contributed by atoms with E-state index in [1.165, 1.54) is 12.3 Å². The zero-order chi connectivity index (χ0) is 21.1. The Morgan fingerprint density at radius 2 is 1.60 bits per heavy atom. The third-order valence-electron chi connectivity index (χ3n) is 5.22. The molecule has 1 atom stereocenters. The molecule has 0 fully saturated rings. The van der Waals surface area contributed by atoms with Gasteiger partial charge in [-0.2, -0.15) is 0 Å². The first-order chi connectivity index (χ1) is 14.6. The van der Waals surface area contributed by atoms with Crippen LogP contribution in [0.5, 0.6) is 0 Å². The summed E-state index contributed by atoms with van der Waals surface area (Å²) in [5.74, 6) is -0.947. The normalized spacial score (nSPS) is 13.6. The van der Waals surface area contributed by atoms with Crippen LogP contribution in [0.3, 0.4) is 0 Å². The van der Waals surface area contributed by atoms with Gasteiger partial charge in [0.25, 0.3) is 5.91 Å². The maximum Gasteiger partial charge on any atom is 0.342 e. The predicted octanol–water partition coefficient (Wildman–Crippen LogP) is 5.13. The van der Waals surface area contributed by atoms with Gasteiger partial charge in [-0.3, -0.25) is 9.69 Å². The number of amides is 1. The molecule has 2 heterocycles. The number of anilines is 2. The second-order valence-electron chi connectivity index (χ2n) is 7.08. The van der Waals surface area contributed by atoms with E-state index in [9.17, 15) is 9.59 Å². The van der Waals surface area contributed by atoms with Crippen LogP contribution in [0.4, 0.5) is 11.4 Å². The minimum Gasteiger partial charge on any atom is -0.449 e. The van der Waals surface area contributed by atoms with Crippen LogP contribution < -0.4 is 4.90 Å². The van der Waals surface area contributed by atoms with Crippen molar-refractivity contribution in [2.45, 2.75) is 32.3 Å². The molecular formula is C24H21ClN2O3. The quantitative estimate of drug-likeness (QED) is 0.433. The van der Waals surface area contributed by atoms with E-state index in [0.29, 0.717) is 6.42 Å². The average Bonchev–Trinajstić information content (AvgIpc) is 2.94. The Bertz CT molecular complexity index is 1050. The van der Waals surface area contributed by atoms with Gasteiger partial charge in [-0.1, -0.05) is 54.9 Å². The number of hydrogen-bond acceptors (Lipinski definition) is 4. The minimum absolute atomic E-state index is 0.0512. The lowest BCUT2D eigenvalue weighted by molar-refractivity contribution is -0.126. The Labute approximate surface area is 180 Å². The Morgan fingerprint density at radius 3 is 2.17 bits per heavy atom. The van der Waals surface area contributed by atoms with Crippen molar-refractivity contribution in [2.75, 3.05) is 4.90 Å². The van der Waals surface area contributed by atoms with Gasteiger partial charge in [0, 0.05) is 6.20 Å². The van der Waals surface area contributed by atoms with Crippen LogP contribution in [0, 0.1) is 0 Å². The fourth-order valence-electron chi connectivity index (χ4n) is 3.70. The van der Waals surface area contributed by atoms with Crippen molar-refractivity contribution >= 4 is 34.9 Å². The van der Waals surface area contributed by atoms with Gasteiger partial charge in [0.05, 0.1) is 16.9 Å². The van der Waals surface area contributed by atoms with Crippen LogP contribution in [-0.2, 0) is 22.4 Å². The molecule has 152 valence electrons. The van der Waals surface area contributed by atoms with Crippen LogP contribution >= 0.6 is 11.6 Å². The topological polar surface area (TPSA) is 59.5 Å². The number of benzene rings is 2. The molecule has 1 amide bonds. The number of carbonyl (C=O) groups is 2. The lowest BCUT2D eigenvalue weighted by Gasteiger charge is -2.28. The van der Waals surface area contributed by atoms with E-state index in [1.807, 2.05) is 55.5 Å². The van der Waals surface area contributed by atoms with Crippen molar-refractivity contribution < 1.29 is 14.3 Å². The molecule has 0 radical (unpaired) electrons. The lowest BCUT2D eigenvalue weighted by Crippen LogP contribution is -2.39. The number of ether oxygens (including phenoxy) is 1. The maximum absolute atomic E-state index is 13.7. The van der Waals surface area contributed by atoms with E-state index in [4.69, 9.17) is 16.3 Å². The maximum atomic E-state index is 13.7. The molecule has 0 spiro atoms. The number of aromatic nitrogens is 1. The number of fused-ring (bicyclic) bond motifs is 2. The number of hydrogen-bond donors (Lipinski definition) is 0. The molecule has 0 bridgehead atoms. The zero-order valence-corrected chi connectivity index (χ0v) is 17.3. The summed E-state index contributed by atoms with van der Waals surface area (Å²) >= 11 is 6.02. The number of esters is 1. The fourth-order valence-corrected chi connectivity index (χ4v) is 3.90. The Hall–Kier alpha value is -3.18. The van der Waals surface area contributed by atoms with E-state index in [-0.39, 0.29) is 16.6 Å². The number of pyridine rings is 1. The van der Waals surface area contributed by atoms with Gasteiger partial charge >= 0.3 is 5.97 Å². The predicted molar refractivity (Wildman–Crippen MR) is 116 cm³/mol. The van der Waals surface area contributed by atoms with Crippen LogP contribution in [-0.4, -0.2) is 23.0 Å². The molecule has 0 N–H and O–H groups in total. The van der Waals surface area contributed by atoms with Gasteiger partial charge in [-0.05, 0) is 54.7 Å². The highest BCUT2D eigenvalue weighted by molar-refractivity contribution is 6.32. The molecule has 1 unspecified atom stereocenters. The van der Waals surface area contributed by atoms with Crippen molar-refractivity contribution in [3.05, 3.63) is 88.7 Å². The zero-order valence-electron chi connectivity index (χ0n) is 16.5. The highest BCUT2D eigenvalue weighted by Crippen LogP contribution is 2.37. The van der Waals surface area contributed by atoms with Gasteiger partial charge in [-0.15, -0.1) is 0 Å². The Balaban J connectivity index is 1.71. The number of halogens is 1. The molecule has 1 aliphatic heterocycles. The molecule has 3 aromatic rings. The van der Waals surface area contributed by atoms with Crippen LogP contribution in [0.2, 0.25) is 5.15 Å². The second kappa shape index (κ2) is 8.67. The van der Waals surface area contributed by atoms with Crippen molar-refractivity contribution in [3.63, 3.8) is 0 Å². The SMILES string of the molecule is CCC(OC(=O)c1cccnc1Cl)C(=O)N1c2ccccc2CCc2ccccc21. The molecule has 4 rings (SSSR count). The largest absolute Gasteiger partial charge is 0.449 e. The first-order valence-electron chi connectivity index (χ1n) is 9.91. The lowest BCUT2D eigenvalue weighted by atomic mass is 10.0. The summed E-state index contributed by atoms with van der Waals surface area (Å²) in [7, 11) is 0. The summed E-state index contributed by atoms with van der Waals surface area (Å²) < 4.78 is 5.60. The monoisotopic (exact) mass is 420 g/mol. The third-order valence-corrected chi connectivity index (χ3v) is 5.52. The Morgan fingerprint density at radius 1 is 1.00 bits per heavy atom. The molecule has 30 heavy (non-hydrogen) atoms. The van der Waals surface area contributed by atoms with Gasteiger partial charge < -0.3 is 4.74 Å². The number of rotatable bonds is 4. The second-order valence-corrected chi connectivity index (χ2v) is 7.43. The highest BCUT2D eigenvalue weighted by Gasteiger charge is 2.32. The summed E-state index contributed by atoms with van der Waals surface area (Å²) in [4.78, 5) is 31.9. The van der Waals surface area contributed by atoms with Crippen LogP contribution in [0.1, 0.15) is 34.8 Å².